The molecule has 0 aliphatic heterocycles. The molecular formula is C19H16N4O2S. The molecule has 130 valence electrons. The minimum Gasteiger partial charge on any atom is -0.497 e. The smallest absolute Gasteiger partial charge is 0.280 e. The Kier molecular flexibility index (Phi) is 4.14. The zero-order valence-electron chi connectivity index (χ0n) is 14.3. The molecular weight excluding hydrogens is 348 g/mol. The van der Waals surface area contributed by atoms with Crippen LogP contribution in [-0.4, -0.2) is 28.1 Å². The molecule has 0 unspecified atom stereocenters. The van der Waals surface area contributed by atoms with Gasteiger partial charge in [-0.1, -0.05) is 29.5 Å². The van der Waals surface area contributed by atoms with Crippen molar-refractivity contribution in [2.24, 2.45) is 4.99 Å². The molecule has 2 aromatic heterocycles. The summed E-state index contributed by atoms with van der Waals surface area (Å²) < 4.78 is 7.73. The molecule has 2 heterocycles. The van der Waals surface area contributed by atoms with Crippen LogP contribution in [0.1, 0.15) is 11.3 Å². The molecule has 0 aliphatic rings. The molecule has 6 nitrogen and oxygen atoms in total. The summed E-state index contributed by atoms with van der Waals surface area (Å²) in [6.45, 7) is 1.85. The number of nitrogens with one attached hydrogen (secondary N) is 1. The number of nitrogens with zero attached hydrogens (tertiary/aromatic N) is 3. The van der Waals surface area contributed by atoms with Gasteiger partial charge in [0.05, 0.1) is 28.6 Å². The lowest BCUT2D eigenvalue weighted by Gasteiger charge is -1.99. The molecule has 0 bridgehead atoms. The molecule has 2 aromatic carbocycles. The van der Waals surface area contributed by atoms with Gasteiger partial charge in [0.1, 0.15) is 5.75 Å². The van der Waals surface area contributed by atoms with E-state index in [2.05, 4.69) is 15.1 Å². The zero-order valence-corrected chi connectivity index (χ0v) is 15.1. The van der Waals surface area contributed by atoms with E-state index in [1.807, 2.05) is 55.5 Å². The highest BCUT2D eigenvalue weighted by atomic mass is 32.1. The van der Waals surface area contributed by atoms with E-state index in [0.717, 1.165) is 27.3 Å². The Morgan fingerprint density at radius 2 is 2.04 bits per heavy atom. The number of hydrogen-bond donors (Lipinski definition) is 1. The predicted molar refractivity (Wildman–Crippen MR) is 105 cm³/mol. The summed E-state index contributed by atoms with van der Waals surface area (Å²) in [6, 6.07) is 15.1. The molecule has 26 heavy (non-hydrogen) atoms. The van der Waals surface area contributed by atoms with Crippen molar-refractivity contribution in [1.29, 1.82) is 0 Å². The summed E-state index contributed by atoms with van der Waals surface area (Å²) in [5.74, 6) is 0.781. The van der Waals surface area contributed by atoms with Crippen LogP contribution in [0.25, 0.3) is 15.9 Å². The number of para-hydroxylation sites is 1. The van der Waals surface area contributed by atoms with Gasteiger partial charge < -0.3 is 4.74 Å². The van der Waals surface area contributed by atoms with Gasteiger partial charge in [0.25, 0.3) is 5.56 Å². The number of H-pyrrole nitrogens is 1. The van der Waals surface area contributed by atoms with E-state index in [-0.39, 0.29) is 5.56 Å². The number of rotatable bonds is 4. The van der Waals surface area contributed by atoms with E-state index in [9.17, 15) is 4.79 Å². The lowest BCUT2D eigenvalue weighted by molar-refractivity contribution is 0.415. The van der Waals surface area contributed by atoms with Crippen LogP contribution in [0.5, 0.6) is 5.75 Å². The molecule has 7 heteroatoms. The second-order valence-electron chi connectivity index (χ2n) is 5.71. The van der Waals surface area contributed by atoms with Gasteiger partial charge in [-0.15, -0.1) is 0 Å². The average molecular weight is 364 g/mol. The third-order valence-electron chi connectivity index (χ3n) is 4.02. The SMILES string of the molecule is COc1ccc2nc(N=Cc3c(C)[nH]n(-c4ccccc4)c3=O)sc2c1. The number of methoxy groups -OCH3 is 1. The molecule has 1 N–H and O–H groups in total. The van der Waals surface area contributed by atoms with Crippen LogP contribution < -0.4 is 10.3 Å². The van der Waals surface area contributed by atoms with Crippen molar-refractivity contribution in [2.45, 2.75) is 6.92 Å². The van der Waals surface area contributed by atoms with Crippen molar-refractivity contribution < 1.29 is 4.74 Å². The summed E-state index contributed by atoms with van der Waals surface area (Å²) in [4.78, 5) is 21.6. The molecule has 4 rings (SSSR count). The van der Waals surface area contributed by atoms with E-state index in [1.54, 1.807) is 13.3 Å². The maximum Gasteiger partial charge on any atom is 0.280 e. The van der Waals surface area contributed by atoms with E-state index < -0.39 is 0 Å². The maximum atomic E-state index is 12.7. The predicted octanol–water partition coefficient (Wildman–Crippen LogP) is 3.84. The number of aromatic nitrogens is 3. The molecule has 4 aromatic rings. The summed E-state index contributed by atoms with van der Waals surface area (Å²) in [5, 5.41) is 3.68. The summed E-state index contributed by atoms with van der Waals surface area (Å²) in [7, 11) is 1.63. The Labute approximate surface area is 153 Å². The topological polar surface area (TPSA) is 72.3 Å². The number of hydrogen-bond acceptors (Lipinski definition) is 5. The van der Waals surface area contributed by atoms with Crippen molar-refractivity contribution in [1.82, 2.24) is 14.8 Å². The van der Waals surface area contributed by atoms with Crippen LogP contribution in [0.2, 0.25) is 0 Å². The van der Waals surface area contributed by atoms with Gasteiger partial charge in [-0.25, -0.2) is 14.7 Å². The monoisotopic (exact) mass is 364 g/mol. The van der Waals surface area contributed by atoms with E-state index in [4.69, 9.17) is 4.74 Å². The average Bonchev–Trinajstić information content (AvgIpc) is 3.20. The highest BCUT2D eigenvalue weighted by Crippen LogP contribution is 2.30. The van der Waals surface area contributed by atoms with Gasteiger partial charge in [-0.2, -0.15) is 0 Å². The number of benzene rings is 2. The Morgan fingerprint density at radius 3 is 2.81 bits per heavy atom. The van der Waals surface area contributed by atoms with Crippen LogP contribution in [0, 0.1) is 6.92 Å². The highest BCUT2D eigenvalue weighted by molar-refractivity contribution is 7.22. The maximum absolute atomic E-state index is 12.7. The zero-order chi connectivity index (χ0) is 18.1. The third-order valence-corrected chi connectivity index (χ3v) is 4.95. The molecule has 0 spiro atoms. The van der Waals surface area contributed by atoms with Gasteiger partial charge in [0, 0.05) is 11.9 Å². The minimum absolute atomic E-state index is 0.139. The third kappa shape index (κ3) is 2.93. The molecule has 0 atom stereocenters. The Hall–Kier alpha value is -3.19. The number of thiazole rings is 1. The second kappa shape index (κ2) is 6.61. The van der Waals surface area contributed by atoms with Crippen molar-refractivity contribution in [2.75, 3.05) is 7.11 Å². The first-order valence-electron chi connectivity index (χ1n) is 8.01. The van der Waals surface area contributed by atoms with Gasteiger partial charge in [-0.3, -0.25) is 9.89 Å². The molecule has 0 radical (unpaired) electrons. The van der Waals surface area contributed by atoms with Crippen molar-refractivity contribution in [3.8, 4) is 11.4 Å². The van der Waals surface area contributed by atoms with Gasteiger partial charge in [-0.05, 0) is 37.3 Å². The number of aliphatic imine (C=N–C) groups is 1. The minimum atomic E-state index is -0.139. The Morgan fingerprint density at radius 1 is 1.23 bits per heavy atom. The van der Waals surface area contributed by atoms with Gasteiger partial charge >= 0.3 is 0 Å². The summed E-state index contributed by atoms with van der Waals surface area (Å²) in [6.07, 6.45) is 1.57. The molecule has 0 fully saturated rings. The first kappa shape index (κ1) is 16.3. The largest absolute Gasteiger partial charge is 0.497 e. The van der Waals surface area contributed by atoms with Crippen molar-refractivity contribution in [3.05, 3.63) is 70.1 Å². The number of aryl methyl sites for hydroxylation is 1. The lowest BCUT2D eigenvalue weighted by Crippen LogP contribution is -2.17. The van der Waals surface area contributed by atoms with Crippen LogP contribution in [-0.2, 0) is 0 Å². The van der Waals surface area contributed by atoms with E-state index in [0.29, 0.717) is 10.7 Å². The normalized spacial score (nSPS) is 11.5. The quantitative estimate of drug-likeness (QED) is 0.559. The highest BCUT2D eigenvalue weighted by Gasteiger charge is 2.11. The first-order chi connectivity index (χ1) is 12.7. The van der Waals surface area contributed by atoms with Crippen molar-refractivity contribution >= 4 is 32.9 Å². The number of aromatic amines is 1. The molecule has 0 saturated heterocycles. The molecule has 0 amide bonds. The van der Waals surface area contributed by atoms with Crippen LogP contribution in [0.3, 0.4) is 0 Å². The first-order valence-corrected chi connectivity index (χ1v) is 8.83. The second-order valence-corrected chi connectivity index (χ2v) is 6.72. The number of ether oxygens (including phenoxy) is 1. The van der Waals surface area contributed by atoms with E-state index >= 15 is 0 Å². The van der Waals surface area contributed by atoms with Gasteiger partial charge in [0.15, 0.2) is 0 Å². The number of fused-ring (bicyclic) bond motifs is 1. The van der Waals surface area contributed by atoms with Gasteiger partial charge in [0.2, 0.25) is 5.13 Å². The fraction of sp³-hybridized carbons (Fsp3) is 0.105. The lowest BCUT2D eigenvalue weighted by atomic mass is 10.3. The standard InChI is InChI=1S/C19H16N4O2S/c1-12-15(18(24)23(22-12)13-6-4-3-5-7-13)11-20-19-21-16-9-8-14(25-2)10-17(16)26-19/h3-11,22H,1-2H3. The van der Waals surface area contributed by atoms with Crippen LogP contribution in [0.15, 0.2) is 58.3 Å². The summed E-state index contributed by atoms with van der Waals surface area (Å²) in [5.41, 5.74) is 2.78. The van der Waals surface area contributed by atoms with Crippen molar-refractivity contribution in [3.63, 3.8) is 0 Å². The Bertz CT molecular complexity index is 1160. The van der Waals surface area contributed by atoms with Crippen LogP contribution >= 0.6 is 11.3 Å². The molecule has 0 aliphatic carbocycles. The van der Waals surface area contributed by atoms with E-state index in [1.165, 1.54) is 16.0 Å². The Balaban J connectivity index is 1.69. The fourth-order valence-corrected chi connectivity index (χ4v) is 3.50. The van der Waals surface area contributed by atoms with Crippen LogP contribution in [0.4, 0.5) is 5.13 Å². The summed E-state index contributed by atoms with van der Waals surface area (Å²) >= 11 is 1.45. The fourth-order valence-electron chi connectivity index (χ4n) is 2.67. The molecule has 0 saturated carbocycles.